The second-order valence-corrected chi connectivity index (χ2v) is 9.47. The number of rotatable bonds is 8. The highest BCUT2D eigenvalue weighted by Crippen LogP contribution is 2.39. The second-order valence-electron chi connectivity index (χ2n) is 6.34. The molecule has 1 aliphatic rings. The van der Waals surface area contributed by atoms with E-state index in [1.807, 2.05) is 6.92 Å². The van der Waals surface area contributed by atoms with E-state index in [1.165, 1.54) is 17.8 Å². The van der Waals surface area contributed by atoms with Crippen molar-refractivity contribution in [3.8, 4) is 0 Å². The zero-order chi connectivity index (χ0) is 15.5. The molecule has 0 spiro atoms. The number of nitrogens with one attached hydrogen (secondary N) is 2. The molecule has 0 saturated heterocycles. The molecule has 0 atom stereocenters. The zero-order valence-electron chi connectivity index (χ0n) is 13.2. The number of hydrogen-bond donors (Lipinski definition) is 2. The molecule has 2 N–H and O–H groups in total. The van der Waals surface area contributed by atoms with Crippen molar-refractivity contribution in [2.24, 2.45) is 5.41 Å². The Morgan fingerprint density at radius 3 is 2.67 bits per heavy atom. The van der Waals surface area contributed by atoms with Crippen molar-refractivity contribution in [3.63, 3.8) is 0 Å². The summed E-state index contributed by atoms with van der Waals surface area (Å²) in [5.41, 5.74) is 1.21. The average Bonchev–Trinajstić information content (AvgIpc) is 2.77. The van der Waals surface area contributed by atoms with Crippen LogP contribution in [0, 0.1) is 12.3 Å². The van der Waals surface area contributed by atoms with E-state index in [4.69, 9.17) is 0 Å². The van der Waals surface area contributed by atoms with E-state index in [0.29, 0.717) is 10.8 Å². The monoisotopic (exact) mass is 330 g/mol. The molecule has 0 unspecified atom stereocenters. The maximum absolute atomic E-state index is 12.4. The van der Waals surface area contributed by atoms with Crippen LogP contribution in [0.5, 0.6) is 0 Å². The van der Waals surface area contributed by atoms with Gasteiger partial charge in [-0.15, -0.1) is 11.3 Å². The minimum atomic E-state index is -3.36. The maximum Gasteiger partial charge on any atom is 0.250 e. The standard InChI is InChI=1S/C15H26N2O2S2/c1-4-8-16-10-13-12(2)9-14(20-13)21(18,19)17-11-15(3)6-5-7-15/h9,16-17H,4-8,10-11H2,1-3H3. The molecule has 120 valence electrons. The summed E-state index contributed by atoms with van der Waals surface area (Å²) < 4.78 is 28.0. The molecule has 0 amide bonds. The summed E-state index contributed by atoms with van der Waals surface area (Å²) in [5, 5.41) is 3.33. The van der Waals surface area contributed by atoms with Crippen molar-refractivity contribution in [2.75, 3.05) is 13.1 Å². The van der Waals surface area contributed by atoms with Gasteiger partial charge in [-0.3, -0.25) is 0 Å². The average molecular weight is 331 g/mol. The molecule has 1 fully saturated rings. The molecule has 6 heteroatoms. The highest BCUT2D eigenvalue weighted by atomic mass is 32.2. The minimum Gasteiger partial charge on any atom is -0.312 e. The number of hydrogen-bond acceptors (Lipinski definition) is 4. The maximum atomic E-state index is 12.4. The third kappa shape index (κ3) is 4.28. The molecule has 2 rings (SSSR count). The van der Waals surface area contributed by atoms with E-state index in [1.54, 1.807) is 6.07 Å². The van der Waals surface area contributed by atoms with Gasteiger partial charge in [0.1, 0.15) is 4.21 Å². The molecular formula is C15H26N2O2S2. The fourth-order valence-electron chi connectivity index (χ4n) is 2.47. The molecule has 21 heavy (non-hydrogen) atoms. The Bertz CT molecular complexity index is 574. The predicted octanol–water partition coefficient (Wildman–Crippen LogP) is 3.02. The highest BCUT2D eigenvalue weighted by molar-refractivity contribution is 7.91. The molecular weight excluding hydrogens is 304 g/mol. The van der Waals surface area contributed by atoms with Crippen molar-refractivity contribution in [1.82, 2.24) is 10.0 Å². The topological polar surface area (TPSA) is 58.2 Å². The molecule has 1 aromatic rings. The first kappa shape index (κ1) is 16.9. The molecule has 1 aromatic heterocycles. The van der Waals surface area contributed by atoms with Crippen LogP contribution < -0.4 is 10.0 Å². The Morgan fingerprint density at radius 1 is 1.38 bits per heavy atom. The first-order chi connectivity index (χ1) is 9.86. The van der Waals surface area contributed by atoms with Crippen molar-refractivity contribution >= 4 is 21.4 Å². The fourth-order valence-corrected chi connectivity index (χ4v) is 5.28. The third-order valence-electron chi connectivity index (χ3n) is 4.22. The first-order valence-electron chi connectivity index (χ1n) is 7.66. The fraction of sp³-hybridized carbons (Fsp3) is 0.733. The zero-order valence-corrected chi connectivity index (χ0v) is 14.8. The van der Waals surface area contributed by atoms with Crippen LogP contribution in [0.4, 0.5) is 0 Å². The molecule has 1 heterocycles. The predicted molar refractivity (Wildman–Crippen MR) is 88.2 cm³/mol. The summed E-state index contributed by atoms with van der Waals surface area (Å²) >= 11 is 1.38. The van der Waals surface area contributed by atoms with Crippen LogP contribution >= 0.6 is 11.3 Å². The van der Waals surface area contributed by atoms with Crippen LogP contribution in [0.1, 0.15) is 50.0 Å². The first-order valence-corrected chi connectivity index (χ1v) is 9.96. The number of sulfonamides is 1. The Balaban J connectivity index is 2.00. The van der Waals surface area contributed by atoms with Gasteiger partial charge in [0.05, 0.1) is 0 Å². The molecule has 0 aliphatic heterocycles. The van der Waals surface area contributed by atoms with Crippen LogP contribution in [0.3, 0.4) is 0 Å². The van der Waals surface area contributed by atoms with Gasteiger partial charge in [0, 0.05) is 18.0 Å². The van der Waals surface area contributed by atoms with Crippen molar-refractivity contribution in [3.05, 3.63) is 16.5 Å². The van der Waals surface area contributed by atoms with E-state index >= 15 is 0 Å². The molecule has 0 radical (unpaired) electrons. The summed E-state index contributed by atoms with van der Waals surface area (Å²) in [7, 11) is -3.36. The lowest BCUT2D eigenvalue weighted by Crippen LogP contribution is -2.39. The molecule has 4 nitrogen and oxygen atoms in total. The quantitative estimate of drug-likeness (QED) is 0.720. The lowest BCUT2D eigenvalue weighted by Gasteiger charge is -2.38. The number of thiophene rings is 1. The van der Waals surface area contributed by atoms with Crippen molar-refractivity contribution < 1.29 is 8.42 Å². The third-order valence-corrected chi connectivity index (χ3v) is 7.34. The summed E-state index contributed by atoms with van der Waals surface area (Å²) in [6.45, 7) is 8.50. The van der Waals surface area contributed by atoms with Gasteiger partial charge in [-0.1, -0.05) is 20.3 Å². The Labute approximate surface area is 132 Å². The van der Waals surface area contributed by atoms with Gasteiger partial charge in [0.25, 0.3) is 0 Å². The normalized spacial score (nSPS) is 17.7. The summed E-state index contributed by atoms with van der Waals surface area (Å²) in [6.07, 6.45) is 4.52. The lowest BCUT2D eigenvalue weighted by atomic mass is 9.71. The molecule has 0 aromatic carbocycles. The van der Waals surface area contributed by atoms with Crippen LogP contribution in [-0.4, -0.2) is 21.5 Å². The Kier molecular flexibility index (Phi) is 5.46. The van der Waals surface area contributed by atoms with E-state index < -0.39 is 10.0 Å². The highest BCUT2D eigenvalue weighted by Gasteiger charge is 2.33. The SMILES string of the molecule is CCCNCc1sc(S(=O)(=O)NCC2(C)CCC2)cc1C. The second kappa shape index (κ2) is 6.77. The van der Waals surface area contributed by atoms with Crippen LogP contribution in [0.25, 0.3) is 0 Å². The minimum absolute atomic E-state index is 0.158. The smallest absolute Gasteiger partial charge is 0.250 e. The van der Waals surface area contributed by atoms with Crippen molar-refractivity contribution in [1.29, 1.82) is 0 Å². The Morgan fingerprint density at radius 2 is 2.10 bits per heavy atom. The van der Waals surface area contributed by atoms with Crippen LogP contribution in [-0.2, 0) is 16.6 Å². The van der Waals surface area contributed by atoms with Crippen LogP contribution in [0.15, 0.2) is 10.3 Å². The lowest BCUT2D eigenvalue weighted by molar-refractivity contribution is 0.166. The van der Waals surface area contributed by atoms with Gasteiger partial charge in [-0.25, -0.2) is 13.1 Å². The van der Waals surface area contributed by atoms with Crippen LogP contribution in [0.2, 0.25) is 0 Å². The van der Waals surface area contributed by atoms with E-state index in [9.17, 15) is 8.42 Å². The van der Waals surface area contributed by atoms with E-state index in [0.717, 1.165) is 42.8 Å². The number of aryl methyl sites for hydroxylation is 1. The summed E-state index contributed by atoms with van der Waals surface area (Å²) in [4.78, 5) is 1.11. The van der Waals surface area contributed by atoms with E-state index in [-0.39, 0.29) is 5.41 Å². The van der Waals surface area contributed by atoms with Gasteiger partial charge in [0.2, 0.25) is 10.0 Å². The summed E-state index contributed by atoms with van der Waals surface area (Å²) in [6, 6.07) is 1.79. The summed E-state index contributed by atoms with van der Waals surface area (Å²) in [5.74, 6) is 0. The van der Waals surface area contributed by atoms with Gasteiger partial charge < -0.3 is 5.32 Å². The largest absolute Gasteiger partial charge is 0.312 e. The molecule has 0 bridgehead atoms. The molecule has 1 saturated carbocycles. The van der Waals surface area contributed by atoms with Gasteiger partial charge >= 0.3 is 0 Å². The Hall–Kier alpha value is -0.430. The van der Waals surface area contributed by atoms with Gasteiger partial charge in [-0.2, -0.15) is 0 Å². The van der Waals surface area contributed by atoms with Gasteiger partial charge in [0.15, 0.2) is 0 Å². The molecule has 1 aliphatic carbocycles. The van der Waals surface area contributed by atoms with Crippen molar-refractivity contribution in [2.45, 2.75) is 57.2 Å². The van der Waals surface area contributed by atoms with Gasteiger partial charge in [-0.05, 0) is 49.8 Å². The van der Waals surface area contributed by atoms with E-state index in [2.05, 4.69) is 23.9 Å².